The molecule has 1 N–H and O–H groups in total. The van der Waals surface area contributed by atoms with Crippen LogP contribution in [0.3, 0.4) is 0 Å². The van der Waals surface area contributed by atoms with Gasteiger partial charge in [0.15, 0.2) is 0 Å². The normalized spacial score (nSPS) is 12.9. The molecular weight excluding hydrogens is 150 g/mol. The van der Waals surface area contributed by atoms with Gasteiger partial charge in [0, 0.05) is 19.8 Å². The molecule has 0 aromatic carbocycles. The van der Waals surface area contributed by atoms with E-state index in [2.05, 4.69) is 24.3 Å². The largest absolute Gasteiger partial charge is 0.382 e. The van der Waals surface area contributed by atoms with Crippen LogP contribution < -0.4 is 5.32 Å². The third-order valence-electron chi connectivity index (χ3n) is 2.06. The minimum absolute atomic E-state index is 0.727. The summed E-state index contributed by atoms with van der Waals surface area (Å²) in [4.78, 5) is 0. The molecule has 0 spiro atoms. The van der Waals surface area contributed by atoms with Crippen molar-refractivity contribution >= 4 is 5.69 Å². The van der Waals surface area contributed by atoms with Crippen LogP contribution in [0.15, 0.2) is 12.4 Å². The molecule has 68 valence electrons. The zero-order valence-electron chi connectivity index (χ0n) is 8.04. The standard InChI is InChI=1S/C9H17N3/c1-4-8(2)5-10-9-6-11-12(3)7-9/h6-8,10H,4-5H2,1-3H3/t8-/m1/s1. The molecule has 0 amide bonds. The number of hydrogen-bond donors (Lipinski definition) is 1. The van der Waals surface area contributed by atoms with E-state index in [-0.39, 0.29) is 0 Å². The Morgan fingerprint density at radius 3 is 2.92 bits per heavy atom. The molecule has 1 aromatic heterocycles. The van der Waals surface area contributed by atoms with Gasteiger partial charge in [0.1, 0.15) is 0 Å². The summed E-state index contributed by atoms with van der Waals surface area (Å²) in [6, 6.07) is 0. The van der Waals surface area contributed by atoms with Gasteiger partial charge in [-0.1, -0.05) is 20.3 Å². The molecule has 1 rings (SSSR count). The average Bonchev–Trinajstić information content (AvgIpc) is 2.47. The molecule has 0 saturated carbocycles. The molecule has 0 aliphatic rings. The number of aromatic nitrogens is 2. The molecule has 0 aliphatic carbocycles. The van der Waals surface area contributed by atoms with Gasteiger partial charge in [-0.2, -0.15) is 5.10 Å². The lowest BCUT2D eigenvalue weighted by molar-refractivity contribution is 0.593. The van der Waals surface area contributed by atoms with Gasteiger partial charge in [-0.15, -0.1) is 0 Å². The Balaban J connectivity index is 2.33. The number of anilines is 1. The van der Waals surface area contributed by atoms with E-state index in [9.17, 15) is 0 Å². The minimum Gasteiger partial charge on any atom is -0.382 e. The molecule has 1 aromatic rings. The first kappa shape index (κ1) is 9.10. The fourth-order valence-corrected chi connectivity index (χ4v) is 0.949. The highest BCUT2D eigenvalue weighted by molar-refractivity contribution is 5.37. The second kappa shape index (κ2) is 4.14. The highest BCUT2D eigenvalue weighted by Gasteiger charge is 1.98. The smallest absolute Gasteiger partial charge is 0.0726 e. The fraction of sp³-hybridized carbons (Fsp3) is 0.667. The van der Waals surface area contributed by atoms with Gasteiger partial charge < -0.3 is 5.32 Å². The van der Waals surface area contributed by atoms with Crippen LogP contribution >= 0.6 is 0 Å². The molecule has 12 heavy (non-hydrogen) atoms. The molecule has 3 heteroatoms. The van der Waals surface area contributed by atoms with Crippen LogP contribution in [0.2, 0.25) is 0 Å². The molecule has 0 fully saturated rings. The molecule has 1 heterocycles. The molecular formula is C9H17N3. The van der Waals surface area contributed by atoms with E-state index in [0.717, 1.165) is 18.2 Å². The number of rotatable bonds is 4. The second-order valence-corrected chi connectivity index (χ2v) is 3.30. The molecule has 0 unspecified atom stereocenters. The summed E-state index contributed by atoms with van der Waals surface area (Å²) in [7, 11) is 1.93. The van der Waals surface area contributed by atoms with E-state index in [0.29, 0.717) is 0 Å². The van der Waals surface area contributed by atoms with Crippen LogP contribution in [-0.4, -0.2) is 16.3 Å². The Hall–Kier alpha value is -0.990. The van der Waals surface area contributed by atoms with Crippen LogP contribution in [0.1, 0.15) is 20.3 Å². The molecule has 0 bridgehead atoms. The van der Waals surface area contributed by atoms with Crippen molar-refractivity contribution in [3.05, 3.63) is 12.4 Å². The summed E-state index contributed by atoms with van der Waals surface area (Å²) in [5.41, 5.74) is 1.11. The molecule has 1 atom stereocenters. The summed E-state index contributed by atoms with van der Waals surface area (Å²) in [5.74, 6) is 0.727. The van der Waals surface area contributed by atoms with Crippen LogP contribution in [0.25, 0.3) is 0 Å². The lowest BCUT2D eigenvalue weighted by Gasteiger charge is -2.08. The first-order valence-electron chi connectivity index (χ1n) is 4.45. The summed E-state index contributed by atoms with van der Waals surface area (Å²) in [5, 5.41) is 7.41. The summed E-state index contributed by atoms with van der Waals surface area (Å²) >= 11 is 0. The van der Waals surface area contributed by atoms with E-state index in [1.165, 1.54) is 6.42 Å². The maximum absolute atomic E-state index is 4.07. The second-order valence-electron chi connectivity index (χ2n) is 3.30. The van der Waals surface area contributed by atoms with Crippen molar-refractivity contribution < 1.29 is 0 Å². The van der Waals surface area contributed by atoms with Crippen LogP contribution in [0.4, 0.5) is 5.69 Å². The molecule has 0 saturated heterocycles. The van der Waals surface area contributed by atoms with Gasteiger partial charge in [-0.3, -0.25) is 4.68 Å². The molecule has 0 aliphatic heterocycles. The molecule has 0 radical (unpaired) electrons. The van der Waals surface area contributed by atoms with Crippen molar-refractivity contribution in [3.8, 4) is 0 Å². The van der Waals surface area contributed by atoms with E-state index in [1.54, 1.807) is 4.68 Å². The number of aryl methyl sites for hydroxylation is 1. The average molecular weight is 167 g/mol. The first-order valence-corrected chi connectivity index (χ1v) is 4.45. The van der Waals surface area contributed by atoms with Gasteiger partial charge in [0.25, 0.3) is 0 Å². The Morgan fingerprint density at radius 2 is 2.42 bits per heavy atom. The highest BCUT2D eigenvalue weighted by Crippen LogP contribution is 2.06. The SMILES string of the molecule is CC[C@@H](C)CNc1cnn(C)c1. The predicted molar refractivity (Wildman–Crippen MR) is 51.2 cm³/mol. The van der Waals surface area contributed by atoms with Crippen molar-refractivity contribution in [2.45, 2.75) is 20.3 Å². The lowest BCUT2D eigenvalue weighted by atomic mass is 10.1. The number of nitrogens with zero attached hydrogens (tertiary/aromatic N) is 2. The van der Waals surface area contributed by atoms with Gasteiger partial charge in [0.05, 0.1) is 11.9 Å². The van der Waals surface area contributed by atoms with Crippen molar-refractivity contribution in [1.29, 1.82) is 0 Å². The zero-order chi connectivity index (χ0) is 8.97. The number of nitrogens with one attached hydrogen (secondary N) is 1. The van der Waals surface area contributed by atoms with Crippen molar-refractivity contribution in [2.24, 2.45) is 13.0 Å². The maximum atomic E-state index is 4.07. The van der Waals surface area contributed by atoms with E-state index < -0.39 is 0 Å². The zero-order valence-corrected chi connectivity index (χ0v) is 8.04. The fourth-order valence-electron chi connectivity index (χ4n) is 0.949. The Labute approximate surface area is 73.8 Å². The summed E-state index contributed by atoms with van der Waals surface area (Å²) < 4.78 is 1.80. The Kier molecular flexibility index (Phi) is 3.14. The van der Waals surface area contributed by atoms with Crippen molar-refractivity contribution in [2.75, 3.05) is 11.9 Å². The van der Waals surface area contributed by atoms with Crippen LogP contribution in [-0.2, 0) is 7.05 Å². The van der Waals surface area contributed by atoms with Crippen molar-refractivity contribution in [3.63, 3.8) is 0 Å². The summed E-state index contributed by atoms with van der Waals surface area (Å²) in [6.45, 7) is 5.47. The lowest BCUT2D eigenvalue weighted by Crippen LogP contribution is -2.09. The third kappa shape index (κ3) is 2.57. The van der Waals surface area contributed by atoms with E-state index >= 15 is 0 Å². The van der Waals surface area contributed by atoms with Gasteiger partial charge >= 0.3 is 0 Å². The van der Waals surface area contributed by atoms with Gasteiger partial charge in [-0.25, -0.2) is 0 Å². The van der Waals surface area contributed by atoms with E-state index in [1.807, 2.05) is 19.4 Å². The predicted octanol–water partition coefficient (Wildman–Crippen LogP) is 1.88. The topological polar surface area (TPSA) is 29.9 Å². The maximum Gasteiger partial charge on any atom is 0.0726 e. The van der Waals surface area contributed by atoms with Gasteiger partial charge in [-0.05, 0) is 5.92 Å². The highest BCUT2D eigenvalue weighted by atomic mass is 15.3. The summed E-state index contributed by atoms with van der Waals surface area (Å²) in [6.07, 6.45) is 5.05. The molecule has 3 nitrogen and oxygen atoms in total. The third-order valence-corrected chi connectivity index (χ3v) is 2.06. The van der Waals surface area contributed by atoms with Crippen molar-refractivity contribution in [1.82, 2.24) is 9.78 Å². The minimum atomic E-state index is 0.727. The Morgan fingerprint density at radius 1 is 1.67 bits per heavy atom. The van der Waals surface area contributed by atoms with Gasteiger partial charge in [0.2, 0.25) is 0 Å². The first-order chi connectivity index (χ1) is 5.72. The number of hydrogen-bond acceptors (Lipinski definition) is 2. The van der Waals surface area contributed by atoms with Crippen LogP contribution in [0.5, 0.6) is 0 Å². The van der Waals surface area contributed by atoms with E-state index in [4.69, 9.17) is 0 Å². The monoisotopic (exact) mass is 167 g/mol. The quantitative estimate of drug-likeness (QED) is 0.742. The van der Waals surface area contributed by atoms with Crippen LogP contribution in [0, 0.1) is 5.92 Å². The Bertz CT molecular complexity index is 229.